The Morgan fingerprint density at radius 2 is 1.55 bits per heavy atom. The predicted molar refractivity (Wildman–Crippen MR) is 111 cm³/mol. The van der Waals surface area contributed by atoms with Crippen LogP contribution in [0.4, 0.5) is 13.2 Å². The van der Waals surface area contributed by atoms with Crippen molar-refractivity contribution in [2.45, 2.75) is 13.1 Å². The lowest BCUT2D eigenvalue weighted by Crippen LogP contribution is -2.05. The van der Waals surface area contributed by atoms with E-state index in [1.54, 1.807) is 42.5 Å². The van der Waals surface area contributed by atoms with Gasteiger partial charge in [0.05, 0.1) is 16.9 Å². The summed E-state index contributed by atoms with van der Waals surface area (Å²) in [5.41, 5.74) is 1.52. The number of carboxylic acids is 1. The molecule has 0 saturated heterocycles. The quantitative estimate of drug-likeness (QED) is 0.424. The summed E-state index contributed by atoms with van der Waals surface area (Å²) in [6.45, 7) is 1.92. The lowest BCUT2D eigenvalue weighted by molar-refractivity contribution is -0.137. The van der Waals surface area contributed by atoms with Crippen LogP contribution in [0.15, 0.2) is 78.9 Å². The van der Waals surface area contributed by atoms with E-state index >= 15 is 0 Å². The minimum Gasteiger partial charge on any atom is -0.478 e. The minimum atomic E-state index is -4.55. The molecule has 0 saturated carbocycles. The zero-order chi connectivity index (χ0) is 22.2. The molecule has 1 aromatic heterocycles. The number of aromatic carboxylic acids is 1. The number of rotatable bonds is 4. The summed E-state index contributed by atoms with van der Waals surface area (Å²) in [6.07, 6.45) is -4.55. The molecule has 0 spiro atoms. The van der Waals surface area contributed by atoms with Crippen molar-refractivity contribution in [2.75, 3.05) is 0 Å². The molecule has 0 aliphatic heterocycles. The highest BCUT2D eigenvalue weighted by molar-refractivity contribution is 6.02. The van der Waals surface area contributed by atoms with Crippen molar-refractivity contribution >= 4 is 5.97 Å². The first-order valence-corrected chi connectivity index (χ1v) is 9.42. The van der Waals surface area contributed by atoms with Gasteiger partial charge in [0.2, 0.25) is 0 Å². The molecule has 4 aromatic rings. The summed E-state index contributed by atoms with van der Waals surface area (Å²) < 4.78 is 41.2. The van der Waals surface area contributed by atoms with Crippen LogP contribution >= 0.6 is 0 Å². The monoisotopic (exact) mass is 422 g/mol. The van der Waals surface area contributed by atoms with E-state index in [1.807, 2.05) is 19.1 Å². The van der Waals surface area contributed by atoms with Gasteiger partial charge in [-0.25, -0.2) is 9.48 Å². The molecule has 0 amide bonds. The molecule has 0 aliphatic carbocycles. The molecule has 0 atom stereocenters. The average molecular weight is 422 g/mol. The van der Waals surface area contributed by atoms with Gasteiger partial charge in [-0.3, -0.25) is 0 Å². The first-order chi connectivity index (χ1) is 14.8. The van der Waals surface area contributed by atoms with E-state index in [-0.39, 0.29) is 16.8 Å². The molecule has 31 heavy (non-hydrogen) atoms. The topological polar surface area (TPSA) is 55.1 Å². The van der Waals surface area contributed by atoms with Gasteiger partial charge in [-0.05, 0) is 31.2 Å². The number of carboxylic acid groups (broad SMARTS) is 1. The third-order valence-electron chi connectivity index (χ3n) is 4.89. The molecule has 0 bridgehead atoms. The van der Waals surface area contributed by atoms with Gasteiger partial charge >= 0.3 is 12.1 Å². The Kier molecular flexibility index (Phi) is 5.10. The van der Waals surface area contributed by atoms with Crippen LogP contribution in [0.1, 0.15) is 21.5 Å². The normalized spacial score (nSPS) is 11.5. The second-order valence-electron chi connectivity index (χ2n) is 7.07. The van der Waals surface area contributed by atoms with E-state index in [2.05, 4.69) is 5.10 Å². The number of alkyl halides is 3. The highest BCUT2D eigenvalue weighted by Gasteiger charge is 2.32. The molecule has 0 aliphatic rings. The van der Waals surface area contributed by atoms with Crippen LogP contribution in [0, 0.1) is 6.92 Å². The summed E-state index contributed by atoms with van der Waals surface area (Å²) in [6, 6.07) is 20.6. The average Bonchev–Trinajstić information content (AvgIpc) is 3.15. The van der Waals surface area contributed by atoms with E-state index in [4.69, 9.17) is 0 Å². The fourth-order valence-corrected chi connectivity index (χ4v) is 3.40. The minimum absolute atomic E-state index is 0.0296. The number of nitrogens with zero attached hydrogens (tertiary/aromatic N) is 2. The van der Waals surface area contributed by atoms with Gasteiger partial charge < -0.3 is 5.11 Å². The number of hydrogen-bond donors (Lipinski definition) is 1. The van der Waals surface area contributed by atoms with Gasteiger partial charge in [-0.2, -0.15) is 18.3 Å². The van der Waals surface area contributed by atoms with Crippen LogP contribution < -0.4 is 0 Å². The van der Waals surface area contributed by atoms with Crippen molar-refractivity contribution in [2.24, 2.45) is 0 Å². The van der Waals surface area contributed by atoms with Gasteiger partial charge in [-0.15, -0.1) is 0 Å². The number of aromatic nitrogens is 2. The number of hydrogen-bond acceptors (Lipinski definition) is 2. The van der Waals surface area contributed by atoms with Crippen LogP contribution in [0.25, 0.3) is 28.2 Å². The standard InChI is InChI=1S/C24H17F3N2O2/c1-15-10-12-19(13-11-15)29-22(16-6-3-2-4-7-16)20(23(30)31)21(28-29)17-8-5-9-18(14-17)24(25,26)27/h2-14H,1H3,(H,30,31). The zero-order valence-electron chi connectivity index (χ0n) is 16.4. The van der Waals surface area contributed by atoms with Crippen molar-refractivity contribution < 1.29 is 23.1 Å². The summed E-state index contributed by atoms with van der Waals surface area (Å²) in [7, 11) is 0. The van der Waals surface area contributed by atoms with Gasteiger partial charge in [0.15, 0.2) is 0 Å². The first kappa shape index (κ1) is 20.4. The maximum atomic E-state index is 13.3. The Morgan fingerprint density at radius 3 is 2.16 bits per heavy atom. The summed E-state index contributed by atoms with van der Waals surface area (Å²) in [5, 5.41) is 14.5. The third kappa shape index (κ3) is 3.94. The number of carbonyl (C=O) groups is 1. The number of benzene rings is 3. The Labute approximate surface area is 176 Å². The fourth-order valence-electron chi connectivity index (χ4n) is 3.40. The summed E-state index contributed by atoms with van der Waals surface area (Å²) >= 11 is 0. The fraction of sp³-hybridized carbons (Fsp3) is 0.0833. The zero-order valence-corrected chi connectivity index (χ0v) is 16.4. The van der Waals surface area contributed by atoms with Crippen LogP contribution in [0.2, 0.25) is 0 Å². The molecule has 7 heteroatoms. The van der Waals surface area contributed by atoms with E-state index in [0.717, 1.165) is 17.7 Å². The van der Waals surface area contributed by atoms with Crippen LogP contribution in [-0.2, 0) is 6.18 Å². The molecular formula is C24H17F3N2O2. The van der Waals surface area contributed by atoms with Crippen molar-refractivity contribution in [3.8, 4) is 28.2 Å². The van der Waals surface area contributed by atoms with Crippen LogP contribution in [-0.4, -0.2) is 20.9 Å². The van der Waals surface area contributed by atoms with Gasteiger partial charge in [-0.1, -0.05) is 60.2 Å². The Balaban J connectivity index is 2.03. The molecule has 3 aromatic carbocycles. The Morgan fingerprint density at radius 1 is 0.903 bits per heavy atom. The second-order valence-corrected chi connectivity index (χ2v) is 7.07. The highest BCUT2D eigenvalue weighted by atomic mass is 19.4. The Hall–Kier alpha value is -3.87. The van der Waals surface area contributed by atoms with Crippen molar-refractivity contribution in [3.63, 3.8) is 0 Å². The number of aryl methyl sites for hydroxylation is 1. The molecule has 1 N–H and O–H groups in total. The third-order valence-corrected chi connectivity index (χ3v) is 4.89. The van der Waals surface area contributed by atoms with Crippen molar-refractivity contribution in [1.82, 2.24) is 9.78 Å². The molecule has 1 heterocycles. The largest absolute Gasteiger partial charge is 0.478 e. The maximum Gasteiger partial charge on any atom is 0.416 e. The van der Waals surface area contributed by atoms with Crippen molar-refractivity contribution in [1.29, 1.82) is 0 Å². The summed E-state index contributed by atoms with van der Waals surface area (Å²) in [5.74, 6) is -1.27. The van der Waals surface area contributed by atoms with E-state index < -0.39 is 17.7 Å². The van der Waals surface area contributed by atoms with E-state index in [0.29, 0.717) is 16.9 Å². The lowest BCUT2D eigenvalue weighted by atomic mass is 10.0. The highest BCUT2D eigenvalue weighted by Crippen LogP contribution is 2.37. The van der Waals surface area contributed by atoms with E-state index in [1.165, 1.54) is 16.8 Å². The van der Waals surface area contributed by atoms with Crippen LogP contribution in [0.3, 0.4) is 0 Å². The van der Waals surface area contributed by atoms with Crippen molar-refractivity contribution in [3.05, 3.63) is 95.6 Å². The molecule has 0 radical (unpaired) electrons. The van der Waals surface area contributed by atoms with Gasteiger partial charge in [0, 0.05) is 11.1 Å². The maximum absolute atomic E-state index is 13.3. The molecule has 0 fully saturated rings. The smallest absolute Gasteiger partial charge is 0.416 e. The van der Waals surface area contributed by atoms with Gasteiger partial charge in [0.1, 0.15) is 11.3 Å². The predicted octanol–water partition coefficient (Wildman–Crippen LogP) is 6.23. The lowest BCUT2D eigenvalue weighted by Gasteiger charge is -2.09. The SMILES string of the molecule is Cc1ccc(-n2nc(-c3cccc(C(F)(F)F)c3)c(C(=O)O)c2-c2ccccc2)cc1. The number of halogens is 3. The van der Waals surface area contributed by atoms with Crippen LogP contribution in [0.5, 0.6) is 0 Å². The molecule has 4 rings (SSSR count). The molecular weight excluding hydrogens is 405 g/mol. The molecule has 0 unspecified atom stereocenters. The summed E-state index contributed by atoms with van der Waals surface area (Å²) in [4.78, 5) is 12.3. The molecule has 156 valence electrons. The second kappa shape index (κ2) is 7.75. The molecule has 4 nitrogen and oxygen atoms in total. The van der Waals surface area contributed by atoms with Gasteiger partial charge in [0.25, 0.3) is 0 Å². The van der Waals surface area contributed by atoms with E-state index in [9.17, 15) is 23.1 Å². The Bertz CT molecular complexity index is 1240. The first-order valence-electron chi connectivity index (χ1n) is 9.42.